The van der Waals surface area contributed by atoms with Gasteiger partial charge in [0.1, 0.15) is 6.61 Å². The van der Waals surface area contributed by atoms with Crippen LogP contribution in [0, 0.1) is 18.3 Å². The van der Waals surface area contributed by atoms with Crippen molar-refractivity contribution in [1.29, 1.82) is 5.26 Å². The summed E-state index contributed by atoms with van der Waals surface area (Å²) >= 11 is 3.61. The number of rotatable bonds is 6. The van der Waals surface area contributed by atoms with Crippen LogP contribution in [0.2, 0.25) is 0 Å². The Bertz CT molecular complexity index is 1330. The number of hydrogen-bond acceptors (Lipinski definition) is 3. The topological polar surface area (TPSA) is 42.2 Å². The van der Waals surface area contributed by atoms with E-state index >= 15 is 0 Å². The second kappa shape index (κ2) is 9.72. The molecule has 0 spiro atoms. The van der Waals surface area contributed by atoms with Crippen LogP contribution in [0.1, 0.15) is 22.3 Å². The summed E-state index contributed by atoms with van der Waals surface area (Å²) in [7, 11) is 1.61. The lowest BCUT2D eigenvalue weighted by molar-refractivity contribution is 0.282. The molecule has 0 unspecified atom stereocenters. The fraction of sp³-hybridized carbons (Fsp3) is 0.107. The molecule has 0 saturated heterocycles. The molecular formula is C28H22BrNO2. The predicted octanol–water partition coefficient (Wildman–Crippen LogP) is 7.56. The first-order valence-corrected chi connectivity index (χ1v) is 11.0. The first kappa shape index (κ1) is 21.7. The molecule has 4 rings (SSSR count). The van der Waals surface area contributed by atoms with Gasteiger partial charge in [0.25, 0.3) is 0 Å². The monoisotopic (exact) mass is 483 g/mol. The maximum absolute atomic E-state index is 9.81. The van der Waals surface area contributed by atoms with Crippen LogP contribution in [0.5, 0.6) is 11.5 Å². The Morgan fingerprint density at radius 2 is 1.72 bits per heavy atom. The van der Waals surface area contributed by atoms with Gasteiger partial charge in [-0.1, -0.05) is 66.2 Å². The van der Waals surface area contributed by atoms with E-state index in [1.165, 1.54) is 5.56 Å². The molecule has 0 radical (unpaired) electrons. The molecule has 0 heterocycles. The fourth-order valence-electron chi connectivity index (χ4n) is 3.51. The molecule has 0 aromatic heterocycles. The maximum Gasteiger partial charge on any atom is 0.175 e. The molecule has 0 aliphatic carbocycles. The fourth-order valence-corrected chi connectivity index (χ4v) is 4.08. The van der Waals surface area contributed by atoms with Crippen LogP contribution in [0.25, 0.3) is 22.4 Å². The SMILES string of the molecule is COc1cc(C=C(C#N)c2ccc3ccccc3c2)cc(Br)c1OCc1ccc(C)cc1. The van der Waals surface area contributed by atoms with Gasteiger partial charge in [-0.2, -0.15) is 5.26 Å². The summed E-state index contributed by atoms with van der Waals surface area (Å²) in [6.45, 7) is 2.49. The lowest BCUT2D eigenvalue weighted by Gasteiger charge is -2.14. The molecule has 0 fully saturated rings. The van der Waals surface area contributed by atoms with Crippen molar-refractivity contribution in [3.8, 4) is 17.6 Å². The average Bonchev–Trinajstić information content (AvgIpc) is 2.82. The molecule has 0 saturated carbocycles. The van der Waals surface area contributed by atoms with Gasteiger partial charge in [-0.25, -0.2) is 0 Å². The smallest absolute Gasteiger partial charge is 0.175 e. The number of methoxy groups -OCH3 is 1. The van der Waals surface area contributed by atoms with Crippen LogP contribution in [-0.2, 0) is 6.61 Å². The Balaban J connectivity index is 1.63. The minimum Gasteiger partial charge on any atom is -0.493 e. The quantitative estimate of drug-likeness (QED) is 0.210. The molecule has 158 valence electrons. The largest absolute Gasteiger partial charge is 0.493 e. The number of ether oxygens (including phenoxy) is 2. The van der Waals surface area contributed by atoms with Crippen molar-refractivity contribution in [3.05, 3.63) is 106 Å². The van der Waals surface area contributed by atoms with Crippen LogP contribution >= 0.6 is 15.9 Å². The zero-order valence-corrected chi connectivity index (χ0v) is 19.5. The molecule has 0 aliphatic rings. The molecule has 0 aliphatic heterocycles. The van der Waals surface area contributed by atoms with Gasteiger partial charge < -0.3 is 9.47 Å². The van der Waals surface area contributed by atoms with Crippen LogP contribution in [0.15, 0.2) is 83.3 Å². The molecule has 0 N–H and O–H groups in total. The second-order valence-electron chi connectivity index (χ2n) is 7.54. The molecular weight excluding hydrogens is 462 g/mol. The van der Waals surface area contributed by atoms with Gasteiger partial charge in [0.05, 0.1) is 23.2 Å². The Labute approximate surface area is 196 Å². The van der Waals surface area contributed by atoms with Crippen LogP contribution in [0.4, 0.5) is 0 Å². The number of benzene rings is 4. The van der Waals surface area contributed by atoms with Crippen molar-refractivity contribution in [2.45, 2.75) is 13.5 Å². The highest BCUT2D eigenvalue weighted by atomic mass is 79.9. The number of hydrogen-bond donors (Lipinski definition) is 0. The number of allylic oxidation sites excluding steroid dienone is 1. The summed E-state index contributed by atoms with van der Waals surface area (Å²) in [6.07, 6.45) is 1.86. The van der Waals surface area contributed by atoms with E-state index in [0.29, 0.717) is 23.7 Å². The predicted molar refractivity (Wildman–Crippen MR) is 134 cm³/mol. The van der Waals surface area contributed by atoms with Crippen LogP contribution in [-0.4, -0.2) is 7.11 Å². The Morgan fingerprint density at radius 1 is 0.969 bits per heavy atom. The van der Waals surface area contributed by atoms with E-state index in [0.717, 1.165) is 31.9 Å². The van der Waals surface area contributed by atoms with E-state index in [2.05, 4.69) is 59.3 Å². The van der Waals surface area contributed by atoms with E-state index < -0.39 is 0 Å². The summed E-state index contributed by atoms with van der Waals surface area (Å²) in [5.74, 6) is 1.24. The van der Waals surface area contributed by atoms with Gasteiger partial charge in [-0.15, -0.1) is 0 Å². The van der Waals surface area contributed by atoms with Crippen molar-refractivity contribution in [2.24, 2.45) is 0 Å². The van der Waals surface area contributed by atoms with Crippen LogP contribution < -0.4 is 9.47 Å². The minimum atomic E-state index is 0.435. The van der Waals surface area contributed by atoms with Gasteiger partial charge in [0.2, 0.25) is 0 Å². The summed E-state index contributed by atoms with van der Waals surface area (Å²) in [5.41, 5.74) is 4.60. The lowest BCUT2D eigenvalue weighted by atomic mass is 10.00. The number of nitriles is 1. The third-order valence-corrected chi connectivity index (χ3v) is 5.84. The summed E-state index contributed by atoms with van der Waals surface area (Å²) < 4.78 is 12.4. The zero-order chi connectivity index (χ0) is 22.5. The Hall–Kier alpha value is -3.55. The van der Waals surface area contributed by atoms with Crippen molar-refractivity contribution >= 4 is 38.4 Å². The third kappa shape index (κ3) is 4.85. The highest BCUT2D eigenvalue weighted by Gasteiger charge is 2.12. The van der Waals surface area contributed by atoms with E-state index in [1.54, 1.807) is 7.11 Å². The summed E-state index contributed by atoms with van der Waals surface area (Å²) in [6, 6.07) is 28.5. The minimum absolute atomic E-state index is 0.435. The van der Waals surface area contributed by atoms with Gasteiger partial charge in [-0.05, 0) is 74.6 Å². The standard InChI is InChI=1S/C28H22BrNO2/c1-19-7-9-20(10-8-19)18-32-28-26(29)14-21(15-27(28)31-2)13-25(17-30)24-12-11-22-5-3-4-6-23(22)16-24/h3-16H,18H2,1-2H3. The number of fused-ring (bicyclic) bond motifs is 1. The first-order valence-electron chi connectivity index (χ1n) is 10.2. The van der Waals surface area contributed by atoms with E-state index in [1.807, 2.05) is 54.6 Å². The van der Waals surface area contributed by atoms with Gasteiger partial charge in [0.15, 0.2) is 11.5 Å². The van der Waals surface area contributed by atoms with E-state index in [-0.39, 0.29) is 0 Å². The number of nitrogens with zero attached hydrogens (tertiary/aromatic N) is 1. The van der Waals surface area contributed by atoms with Crippen molar-refractivity contribution in [3.63, 3.8) is 0 Å². The van der Waals surface area contributed by atoms with E-state index in [9.17, 15) is 5.26 Å². The molecule has 0 atom stereocenters. The van der Waals surface area contributed by atoms with Gasteiger partial charge in [-0.3, -0.25) is 0 Å². The molecule has 4 aromatic rings. The molecule has 3 nitrogen and oxygen atoms in total. The molecule has 4 heteroatoms. The molecule has 4 aromatic carbocycles. The third-order valence-electron chi connectivity index (χ3n) is 5.25. The molecule has 0 amide bonds. The van der Waals surface area contributed by atoms with E-state index in [4.69, 9.17) is 9.47 Å². The average molecular weight is 484 g/mol. The second-order valence-corrected chi connectivity index (χ2v) is 8.39. The highest BCUT2D eigenvalue weighted by molar-refractivity contribution is 9.10. The van der Waals surface area contributed by atoms with Crippen molar-refractivity contribution < 1.29 is 9.47 Å². The number of halogens is 1. The zero-order valence-electron chi connectivity index (χ0n) is 17.9. The normalized spacial score (nSPS) is 11.2. The highest BCUT2D eigenvalue weighted by Crippen LogP contribution is 2.38. The van der Waals surface area contributed by atoms with Crippen molar-refractivity contribution in [2.75, 3.05) is 7.11 Å². The lowest BCUT2D eigenvalue weighted by Crippen LogP contribution is -1.99. The first-order chi connectivity index (χ1) is 15.6. The Morgan fingerprint density at radius 3 is 2.44 bits per heavy atom. The Kier molecular flexibility index (Phi) is 6.58. The molecule has 0 bridgehead atoms. The van der Waals surface area contributed by atoms with Crippen LogP contribution in [0.3, 0.4) is 0 Å². The molecule has 32 heavy (non-hydrogen) atoms. The number of aryl methyl sites for hydroxylation is 1. The summed E-state index contributed by atoms with van der Waals surface area (Å²) in [4.78, 5) is 0. The van der Waals surface area contributed by atoms with Gasteiger partial charge >= 0.3 is 0 Å². The summed E-state index contributed by atoms with van der Waals surface area (Å²) in [5, 5.41) is 12.1. The van der Waals surface area contributed by atoms with Crippen molar-refractivity contribution in [1.82, 2.24) is 0 Å². The maximum atomic E-state index is 9.81. The van der Waals surface area contributed by atoms with Gasteiger partial charge in [0, 0.05) is 0 Å².